The minimum Gasteiger partial charge on any atom is -0.496 e. The number of fused-ring (bicyclic) bond motifs is 1. The maximum atomic E-state index is 11.9. The highest BCUT2D eigenvalue weighted by Crippen LogP contribution is 2.27. The molecule has 2 aromatic carbocycles. The molecule has 0 aliphatic rings. The van der Waals surface area contributed by atoms with Crippen molar-refractivity contribution in [1.82, 2.24) is 0 Å². The molecule has 104 valence electrons. The Morgan fingerprint density at radius 1 is 1.10 bits per heavy atom. The Morgan fingerprint density at radius 2 is 1.86 bits per heavy atom. The van der Waals surface area contributed by atoms with E-state index in [1.807, 2.05) is 36.4 Å². The van der Waals surface area contributed by atoms with E-state index >= 15 is 0 Å². The lowest BCUT2D eigenvalue weighted by atomic mass is 10.0. The van der Waals surface area contributed by atoms with Gasteiger partial charge in [-0.1, -0.05) is 24.3 Å². The number of rotatable bonds is 4. The van der Waals surface area contributed by atoms with Crippen molar-refractivity contribution in [2.45, 2.75) is 0 Å². The van der Waals surface area contributed by atoms with Crippen LogP contribution in [0.5, 0.6) is 5.75 Å². The minimum absolute atomic E-state index is 0.171. The highest BCUT2D eigenvalue weighted by atomic mass is 16.5. The predicted molar refractivity (Wildman–Crippen MR) is 82.6 cm³/mol. The van der Waals surface area contributed by atoms with Gasteiger partial charge in [-0.25, -0.2) is 0 Å². The zero-order valence-corrected chi connectivity index (χ0v) is 11.6. The van der Waals surface area contributed by atoms with E-state index in [1.165, 1.54) is 12.3 Å². The van der Waals surface area contributed by atoms with Crippen molar-refractivity contribution < 1.29 is 13.9 Å². The van der Waals surface area contributed by atoms with E-state index in [0.717, 1.165) is 22.1 Å². The molecule has 1 heterocycles. The van der Waals surface area contributed by atoms with E-state index < -0.39 is 0 Å². The SMILES string of the molecule is COc1cc2ccccc2cc1/C=C/C(=O)c1ccco1. The van der Waals surface area contributed by atoms with Crippen LogP contribution < -0.4 is 4.74 Å². The standard InChI is InChI=1S/C18H14O3/c1-20-18-12-14-6-3-2-5-13(14)11-15(18)8-9-16(19)17-7-4-10-21-17/h2-12H,1H3/b9-8+. The fourth-order valence-electron chi connectivity index (χ4n) is 2.21. The van der Waals surface area contributed by atoms with Crippen molar-refractivity contribution in [2.75, 3.05) is 7.11 Å². The molecule has 0 saturated heterocycles. The lowest BCUT2D eigenvalue weighted by Gasteiger charge is -2.07. The van der Waals surface area contributed by atoms with Gasteiger partial charge in [0.1, 0.15) is 5.75 Å². The second-order valence-corrected chi connectivity index (χ2v) is 4.62. The number of hydrogen-bond donors (Lipinski definition) is 0. The second kappa shape index (κ2) is 5.67. The molecule has 3 aromatic rings. The first kappa shape index (κ1) is 13.2. The van der Waals surface area contributed by atoms with E-state index in [1.54, 1.807) is 25.3 Å². The fourth-order valence-corrected chi connectivity index (χ4v) is 2.21. The van der Waals surface area contributed by atoms with Gasteiger partial charge in [0.25, 0.3) is 0 Å². The first-order valence-corrected chi connectivity index (χ1v) is 6.60. The number of ether oxygens (including phenoxy) is 1. The second-order valence-electron chi connectivity index (χ2n) is 4.62. The van der Waals surface area contributed by atoms with E-state index in [9.17, 15) is 4.79 Å². The Morgan fingerprint density at radius 3 is 2.52 bits per heavy atom. The van der Waals surface area contributed by atoms with Crippen molar-refractivity contribution in [3.05, 3.63) is 72.2 Å². The average molecular weight is 278 g/mol. The number of furan rings is 1. The third-order valence-electron chi connectivity index (χ3n) is 3.28. The Kier molecular flexibility index (Phi) is 3.56. The van der Waals surface area contributed by atoms with Crippen LogP contribution in [-0.2, 0) is 0 Å². The molecule has 0 saturated carbocycles. The molecule has 1 aromatic heterocycles. The maximum absolute atomic E-state index is 11.9. The van der Waals surface area contributed by atoms with E-state index in [2.05, 4.69) is 0 Å². The summed E-state index contributed by atoms with van der Waals surface area (Å²) in [7, 11) is 1.62. The lowest BCUT2D eigenvalue weighted by molar-refractivity contribution is 0.102. The lowest BCUT2D eigenvalue weighted by Crippen LogP contribution is -1.92. The number of carbonyl (C=O) groups excluding carboxylic acids is 1. The zero-order chi connectivity index (χ0) is 14.7. The van der Waals surface area contributed by atoms with Crippen LogP contribution in [0.3, 0.4) is 0 Å². The predicted octanol–water partition coefficient (Wildman–Crippen LogP) is 4.34. The van der Waals surface area contributed by atoms with Crippen LogP contribution in [0.2, 0.25) is 0 Å². The van der Waals surface area contributed by atoms with Crippen molar-refractivity contribution in [3.63, 3.8) is 0 Å². The summed E-state index contributed by atoms with van der Waals surface area (Å²) in [5.41, 5.74) is 0.858. The van der Waals surface area contributed by atoms with Crippen LogP contribution in [0.4, 0.5) is 0 Å². The molecule has 0 N–H and O–H groups in total. The van der Waals surface area contributed by atoms with Crippen LogP contribution in [0, 0.1) is 0 Å². The van der Waals surface area contributed by atoms with E-state index in [4.69, 9.17) is 9.15 Å². The zero-order valence-electron chi connectivity index (χ0n) is 11.6. The number of carbonyl (C=O) groups is 1. The van der Waals surface area contributed by atoms with Crippen molar-refractivity contribution in [2.24, 2.45) is 0 Å². The maximum Gasteiger partial charge on any atom is 0.221 e. The van der Waals surface area contributed by atoms with Gasteiger partial charge in [0.2, 0.25) is 5.78 Å². The molecule has 0 aliphatic carbocycles. The Labute approximate surface area is 122 Å². The third kappa shape index (κ3) is 2.72. The molecular weight excluding hydrogens is 264 g/mol. The van der Waals surface area contributed by atoms with E-state index in [0.29, 0.717) is 5.76 Å². The molecule has 3 rings (SSSR count). The number of ketones is 1. The van der Waals surface area contributed by atoms with Gasteiger partial charge in [0.15, 0.2) is 5.76 Å². The summed E-state index contributed by atoms with van der Waals surface area (Å²) in [6.45, 7) is 0. The van der Waals surface area contributed by atoms with Gasteiger partial charge in [0.05, 0.1) is 13.4 Å². The molecule has 0 amide bonds. The van der Waals surface area contributed by atoms with Crippen molar-refractivity contribution in [3.8, 4) is 5.75 Å². The van der Waals surface area contributed by atoms with Gasteiger partial charge in [-0.2, -0.15) is 0 Å². The summed E-state index contributed by atoms with van der Waals surface area (Å²) < 4.78 is 10.5. The Balaban J connectivity index is 1.97. The first-order chi connectivity index (χ1) is 10.3. The average Bonchev–Trinajstić information content (AvgIpc) is 3.06. The summed E-state index contributed by atoms with van der Waals surface area (Å²) in [6.07, 6.45) is 4.72. The highest BCUT2D eigenvalue weighted by Gasteiger charge is 2.06. The normalized spacial score (nSPS) is 11.1. The molecule has 0 bridgehead atoms. The monoisotopic (exact) mass is 278 g/mol. The molecule has 3 nitrogen and oxygen atoms in total. The number of allylic oxidation sites excluding steroid dienone is 1. The van der Waals surface area contributed by atoms with Gasteiger partial charge < -0.3 is 9.15 Å². The minimum atomic E-state index is -0.171. The number of methoxy groups -OCH3 is 1. The molecule has 0 atom stereocenters. The van der Waals surface area contributed by atoms with Crippen LogP contribution in [0.15, 0.2) is 65.3 Å². The molecule has 0 unspecified atom stereocenters. The molecule has 0 fully saturated rings. The summed E-state index contributed by atoms with van der Waals surface area (Å²) in [6, 6.07) is 15.3. The summed E-state index contributed by atoms with van der Waals surface area (Å²) in [5.74, 6) is 0.887. The smallest absolute Gasteiger partial charge is 0.221 e. The molecule has 0 spiro atoms. The first-order valence-electron chi connectivity index (χ1n) is 6.60. The number of benzene rings is 2. The van der Waals surface area contributed by atoms with Gasteiger partial charge in [0, 0.05) is 5.56 Å². The van der Waals surface area contributed by atoms with Crippen LogP contribution in [-0.4, -0.2) is 12.9 Å². The van der Waals surface area contributed by atoms with Crippen LogP contribution in [0.25, 0.3) is 16.8 Å². The molecular formula is C18H14O3. The summed E-state index contributed by atoms with van der Waals surface area (Å²) in [5, 5.41) is 2.20. The molecule has 3 heteroatoms. The highest BCUT2D eigenvalue weighted by molar-refractivity contribution is 6.05. The summed E-state index contributed by atoms with van der Waals surface area (Å²) in [4.78, 5) is 11.9. The Bertz CT molecular complexity index is 798. The topological polar surface area (TPSA) is 39.4 Å². The van der Waals surface area contributed by atoms with Crippen molar-refractivity contribution in [1.29, 1.82) is 0 Å². The number of hydrogen-bond acceptors (Lipinski definition) is 3. The van der Waals surface area contributed by atoms with Crippen LogP contribution >= 0.6 is 0 Å². The quantitative estimate of drug-likeness (QED) is 0.526. The van der Waals surface area contributed by atoms with Gasteiger partial charge >= 0.3 is 0 Å². The van der Waals surface area contributed by atoms with Gasteiger partial charge in [-0.05, 0) is 47.2 Å². The fraction of sp³-hybridized carbons (Fsp3) is 0.0556. The summed E-state index contributed by atoms with van der Waals surface area (Å²) >= 11 is 0. The van der Waals surface area contributed by atoms with Crippen LogP contribution in [0.1, 0.15) is 16.1 Å². The third-order valence-corrected chi connectivity index (χ3v) is 3.28. The van der Waals surface area contributed by atoms with Gasteiger partial charge in [-0.15, -0.1) is 0 Å². The van der Waals surface area contributed by atoms with Gasteiger partial charge in [-0.3, -0.25) is 4.79 Å². The molecule has 0 radical (unpaired) electrons. The van der Waals surface area contributed by atoms with E-state index in [-0.39, 0.29) is 5.78 Å². The largest absolute Gasteiger partial charge is 0.496 e. The molecule has 21 heavy (non-hydrogen) atoms. The van der Waals surface area contributed by atoms with Crippen molar-refractivity contribution >= 4 is 22.6 Å². The Hall–Kier alpha value is -2.81. The molecule has 0 aliphatic heterocycles.